The highest BCUT2D eigenvalue weighted by atomic mass is 79.9. The van der Waals surface area contributed by atoms with Gasteiger partial charge in [-0.15, -0.1) is 0 Å². The molecule has 6 nitrogen and oxygen atoms in total. The second kappa shape index (κ2) is 10.8. The lowest BCUT2D eigenvalue weighted by Crippen LogP contribution is -2.30. The molecule has 152 valence electrons. The number of thioether (sulfide) groups is 1. The molecule has 1 aliphatic heterocycles. The maximum absolute atomic E-state index is 12.7. The Bertz CT molecular complexity index is 797. The molecule has 1 aliphatic rings. The van der Waals surface area contributed by atoms with Crippen molar-refractivity contribution in [3.8, 4) is 11.5 Å². The Hall–Kier alpha value is -1.58. The minimum Gasteiger partial charge on any atom is -0.493 e. The van der Waals surface area contributed by atoms with Crippen LogP contribution >= 0.6 is 39.9 Å². The maximum Gasteiger partial charge on any atom is 0.307 e. The molecule has 1 saturated heterocycles. The number of benzene rings is 1. The fourth-order valence-electron chi connectivity index (χ4n) is 2.45. The van der Waals surface area contributed by atoms with Crippen LogP contribution in [0.1, 0.15) is 32.3 Å². The van der Waals surface area contributed by atoms with Gasteiger partial charge in [0, 0.05) is 6.54 Å². The molecule has 0 N–H and O–H groups in total. The standard InChI is InChI=1S/C19H22BrNO5S2/c1-4-8-26-17-13(20)9-12(10-14(17)24-3)11-15-18(23)21(19(27)28-15)7-6-16(22)25-5-2/h9-11H,4-8H2,1-3H3/b15-11-. The summed E-state index contributed by atoms with van der Waals surface area (Å²) in [6, 6.07) is 3.67. The van der Waals surface area contributed by atoms with E-state index in [4.69, 9.17) is 26.4 Å². The molecule has 2 rings (SSSR count). The summed E-state index contributed by atoms with van der Waals surface area (Å²) in [6.45, 7) is 4.86. The number of carbonyl (C=O) groups excluding carboxylic acids is 2. The smallest absolute Gasteiger partial charge is 0.307 e. The number of thiocarbonyl (C=S) groups is 1. The molecule has 0 aliphatic carbocycles. The SMILES string of the molecule is CCCOc1c(Br)cc(/C=C2\SC(=S)N(CCC(=O)OCC)C2=O)cc1OC. The number of nitrogens with zero attached hydrogens (tertiary/aromatic N) is 1. The van der Waals surface area contributed by atoms with Crippen molar-refractivity contribution in [3.63, 3.8) is 0 Å². The van der Waals surface area contributed by atoms with Gasteiger partial charge in [0.2, 0.25) is 0 Å². The molecule has 0 aromatic heterocycles. The van der Waals surface area contributed by atoms with Gasteiger partial charge in [0.05, 0.1) is 36.1 Å². The molecule has 0 saturated carbocycles. The van der Waals surface area contributed by atoms with Crippen molar-refractivity contribution >= 4 is 62.2 Å². The van der Waals surface area contributed by atoms with E-state index in [2.05, 4.69) is 15.9 Å². The van der Waals surface area contributed by atoms with Gasteiger partial charge >= 0.3 is 5.97 Å². The first kappa shape index (κ1) is 22.7. The van der Waals surface area contributed by atoms with Crippen LogP contribution in [0.25, 0.3) is 6.08 Å². The highest BCUT2D eigenvalue weighted by Gasteiger charge is 2.32. The molecule has 1 heterocycles. The highest BCUT2D eigenvalue weighted by molar-refractivity contribution is 9.10. The van der Waals surface area contributed by atoms with Gasteiger partial charge in [0.15, 0.2) is 11.5 Å². The average Bonchev–Trinajstić information content (AvgIpc) is 2.92. The number of methoxy groups -OCH3 is 1. The van der Waals surface area contributed by atoms with E-state index in [1.807, 2.05) is 13.0 Å². The van der Waals surface area contributed by atoms with Crippen LogP contribution in [0.3, 0.4) is 0 Å². The summed E-state index contributed by atoms with van der Waals surface area (Å²) in [5.74, 6) is 0.632. The van der Waals surface area contributed by atoms with Gasteiger partial charge in [-0.25, -0.2) is 0 Å². The highest BCUT2D eigenvalue weighted by Crippen LogP contribution is 2.39. The number of esters is 1. The van der Waals surface area contributed by atoms with Gasteiger partial charge in [-0.3, -0.25) is 14.5 Å². The molecule has 0 atom stereocenters. The van der Waals surface area contributed by atoms with E-state index in [1.165, 1.54) is 16.7 Å². The Morgan fingerprint density at radius 1 is 1.36 bits per heavy atom. The summed E-state index contributed by atoms with van der Waals surface area (Å²) in [5.41, 5.74) is 0.776. The van der Waals surface area contributed by atoms with Gasteiger partial charge in [-0.05, 0) is 53.0 Å². The number of hydrogen-bond acceptors (Lipinski definition) is 7. The van der Waals surface area contributed by atoms with Crippen molar-refractivity contribution in [1.82, 2.24) is 4.90 Å². The molecular weight excluding hydrogens is 466 g/mol. The molecule has 0 spiro atoms. The fourth-order valence-corrected chi connectivity index (χ4v) is 4.33. The number of hydrogen-bond donors (Lipinski definition) is 0. The van der Waals surface area contributed by atoms with E-state index in [9.17, 15) is 9.59 Å². The molecule has 28 heavy (non-hydrogen) atoms. The van der Waals surface area contributed by atoms with Crippen LogP contribution in [-0.2, 0) is 14.3 Å². The molecule has 0 bridgehead atoms. The van der Waals surface area contributed by atoms with E-state index in [-0.39, 0.29) is 24.8 Å². The summed E-state index contributed by atoms with van der Waals surface area (Å²) in [7, 11) is 1.57. The zero-order valence-electron chi connectivity index (χ0n) is 16.0. The zero-order valence-corrected chi connectivity index (χ0v) is 19.2. The molecule has 1 amide bonds. The monoisotopic (exact) mass is 487 g/mol. The summed E-state index contributed by atoms with van der Waals surface area (Å²) < 4.78 is 17.2. The zero-order chi connectivity index (χ0) is 20.7. The van der Waals surface area contributed by atoms with Crippen LogP contribution in [0.5, 0.6) is 11.5 Å². The Kier molecular flexibility index (Phi) is 8.78. The first-order chi connectivity index (χ1) is 13.4. The predicted molar refractivity (Wildman–Crippen MR) is 118 cm³/mol. The first-order valence-electron chi connectivity index (χ1n) is 8.82. The number of amides is 1. The molecule has 1 fully saturated rings. The number of rotatable bonds is 9. The lowest BCUT2D eigenvalue weighted by Gasteiger charge is -2.14. The number of halogens is 1. The van der Waals surface area contributed by atoms with Crippen LogP contribution in [-0.4, -0.2) is 48.0 Å². The van der Waals surface area contributed by atoms with Crippen molar-refractivity contribution in [2.45, 2.75) is 26.7 Å². The van der Waals surface area contributed by atoms with E-state index in [0.29, 0.717) is 33.9 Å². The van der Waals surface area contributed by atoms with E-state index in [1.54, 1.807) is 26.2 Å². The van der Waals surface area contributed by atoms with Crippen LogP contribution in [0.2, 0.25) is 0 Å². The minimum absolute atomic E-state index is 0.108. The number of ether oxygens (including phenoxy) is 3. The van der Waals surface area contributed by atoms with Crippen LogP contribution in [0.15, 0.2) is 21.5 Å². The fraction of sp³-hybridized carbons (Fsp3) is 0.421. The van der Waals surface area contributed by atoms with Crippen molar-refractivity contribution in [2.75, 3.05) is 26.9 Å². The second-order valence-corrected chi connectivity index (χ2v) is 8.30. The molecule has 1 aromatic carbocycles. The molecule has 0 radical (unpaired) electrons. The van der Waals surface area contributed by atoms with Gasteiger partial charge in [-0.1, -0.05) is 30.9 Å². The van der Waals surface area contributed by atoms with Crippen LogP contribution in [0, 0.1) is 0 Å². The molecule has 0 unspecified atom stereocenters. The topological polar surface area (TPSA) is 65.1 Å². The minimum atomic E-state index is -0.350. The van der Waals surface area contributed by atoms with Gasteiger partial charge in [0.25, 0.3) is 5.91 Å². The number of carbonyl (C=O) groups is 2. The molecule has 1 aromatic rings. The Morgan fingerprint density at radius 3 is 2.75 bits per heavy atom. The first-order valence-corrected chi connectivity index (χ1v) is 10.8. The second-order valence-electron chi connectivity index (χ2n) is 5.77. The quantitative estimate of drug-likeness (QED) is 0.290. The van der Waals surface area contributed by atoms with E-state index >= 15 is 0 Å². The van der Waals surface area contributed by atoms with Crippen molar-refractivity contribution < 1.29 is 23.8 Å². The van der Waals surface area contributed by atoms with E-state index in [0.717, 1.165) is 16.5 Å². The third-order valence-electron chi connectivity index (χ3n) is 3.72. The maximum atomic E-state index is 12.7. The summed E-state index contributed by atoms with van der Waals surface area (Å²) in [6.07, 6.45) is 2.74. The van der Waals surface area contributed by atoms with Crippen LogP contribution < -0.4 is 9.47 Å². The van der Waals surface area contributed by atoms with Gasteiger partial charge in [0.1, 0.15) is 4.32 Å². The van der Waals surface area contributed by atoms with E-state index < -0.39 is 0 Å². The lowest BCUT2D eigenvalue weighted by molar-refractivity contribution is -0.143. The summed E-state index contributed by atoms with van der Waals surface area (Å²) in [4.78, 5) is 26.1. The summed E-state index contributed by atoms with van der Waals surface area (Å²) >= 11 is 10.00. The normalized spacial score (nSPS) is 15.3. The largest absolute Gasteiger partial charge is 0.493 e. The Balaban J connectivity index is 2.18. The third kappa shape index (κ3) is 5.71. The average molecular weight is 488 g/mol. The van der Waals surface area contributed by atoms with Crippen molar-refractivity contribution in [2.24, 2.45) is 0 Å². The Labute approximate surface area is 182 Å². The lowest BCUT2D eigenvalue weighted by atomic mass is 10.2. The third-order valence-corrected chi connectivity index (χ3v) is 5.69. The van der Waals surface area contributed by atoms with Crippen LogP contribution in [0.4, 0.5) is 0 Å². The van der Waals surface area contributed by atoms with Gasteiger partial charge in [-0.2, -0.15) is 0 Å². The van der Waals surface area contributed by atoms with Crippen molar-refractivity contribution in [3.05, 3.63) is 27.1 Å². The Morgan fingerprint density at radius 2 is 2.11 bits per heavy atom. The van der Waals surface area contributed by atoms with Gasteiger partial charge < -0.3 is 14.2 Å². The molecule has 9 heteroatoms. The van der Waals surface area contributed by atoms with Crippen molar-refractivity contribution in [1.29, 1.82) is 0 Å². The summed E-state index contributed by atoms with van der Waals surface area (Å²) in [5, 5.41) is 0. The predicted octanol–water partition coefficient (Wildman–Crippen LogP) is 4.40. The molecular formula is C19H22BrNO5S2.